The molecule has 3 unspecified atom stereocenters. The van der Waals surface area contributed by atoms with Gasteiger partial charge in [-0.3, -0.25) is 0 Å². The van der Waals surface area contributed by atoms with Crippen molar-refractivity contribution in [2.75, 3.05) is 99.4 Å². The van der Waals surface area contributed by atoms with Crippen LogP contribution in [0.5, 0.6) is 0 Å². The monoisotopic (exact) mass is 505 g/mol. The van der Waals surface area contributed by atoms with Crippen LogP contribution in [0.3, 0.4) is 0 Å². The Balaban J connectivity index is 1.94. The van der Waals surface area contributed by atoms with E-state index in [9.17, 15) is 0 Å². The Kier molecular flexibility index (Phi) is 16.8. The molecule has 0 aromatic carbocycles. The fourth-order valence-electron chi connectivity index (χ4n) is 3.81. The first-order valence-corrected chi connectivity index (χ1v) is 13.3. The highest BCUT2D eigenvalue weighted by Gasteiger charge is 2.35. The first-order valence-electron chi connectivity index (χ1n) is 13.3. The molecule has 1 fully saturated rings. The Morgan fingerprint density at radius 2 is 1.20 bits per heavy atom. The van der Waals surface area contributed by atoms with Gasteiger partial charge in [0.2, 0.25) is 0 Å². The van der Waals surface area contributed by atoms with E-state index in [1.165, 1.54) is 0 Å². The predicted molar refractivity (Wildman–Crippen MR) is 139 cm³/mol. The lowest BCUT2D eigenvalue weighted by Crippen LogP contribution is -2.48. The maximum atomic E-state index is 6.37. The zero-order valence-electron chi connectivity index (χ0n) is 23.9. The summed E-state index contributed by atoms with van der Waals surface area (Å²) in [5.41, 5.74) is 0.0513. The van der Waals surface area contributed by atoms with Gasteiger partial charge < -0.3 is 38.1 Å². The molecule has 1 rings (SSSR count). The molecular formula is C27H55NO7. The summed E-state index contributed by atoms with van der Waals surface area (Å²) in [5, 5.41) is 0. The molecular weight excluding hydrogens is 450 g/mol. The van der Waals surface area contributed by atoms with Gasteiger partial charge in [0.15, 0.2) is 0 Å². The average Bonchev–Trinajstić information content (AvgIpc) is 2.74. The Bertz CT molecular complexity index is 507. The van der Waals surface area contributed by atoms with Crippen LogP contribution in [0.15, 0.2) is 0 Å². The molecule has 0 N–H and O–H groups in total. The second-order valence-electron chi connectivity index (χ2n) is 11.8. The van der Waals surface area contributed by atoms with Crippen molar-refractivity contribution in [3.63, 3.8) is 0 Å². The van der Waals surface area contributed by atoms with Gasteiger partial charge in [0.05, 0.1) is 91.0 Å². The molecule has 1 heterocycles. The van der Waals surface area contributed by atoms with Crippen molar-refractivity contribution < 1.29 is 33.2 Å². The van der Waals surface area contributed by atoms with Crippen molar-refractivity contribution in [2.24, 2.45) is 17.3 Å². The van der Waals surface area contributed by atoms with E-state index in [-0.39, 0.29) is 17.1 Å². The summed E-state index contributed by atoms with van der Waals surface area (Å²) in [6, 6.07) is 0. The van der Waals surface area contributed by atoms with Crippen molar-refractivity contribution in [1.29, 1.82) is 0 Å². The number of nitrogens with zero attached hydrogens (tertiary/aromatic N) is 1. The number of likely N-dealkylation sites (N-methyl/N-ethyl adjacent to an activating group) is 1. The summed E-state index contributed by atoms with van der Waals surface area (Å²) in [4.78, 5) is 2.30. The number of hydrogen-bond donors (Lipinski definition) is 0. The van der Waals surface area contributed by atoms with Crippen molar-refractivity contribution in [3.05, 3.63) is 0 Å². The van der Waals surface area contributed by atoms with Gasteiger partial charge in [0.1, 0.15) is 0 Å². The molecule has 0 amide bonds. The van der Waals surface area contributed by atoms with Crippen LogP contribution in [0, 0.1) is 17.3 Å². The van der Waals surface area contributed by atoms with Crippen LogP contribution >= 0.6 is 0 Å². The lowest BCUT2D eigenvalue weighted by Gasteiger charge is -2.41. The van der Waals surface area contributed by atoms with E-state index in [0.29, 0.717) is 71.3 Å². The molecule has 1 saturated heterocycles. The number of ether oxygens (including phenoxy) is 7. The Morgan fingerprint density at radius 1 is 0.714 bits per heavy atom. The van der Waals surface area contributed by atoms with Crippen LogP contribution in [-0.4, -0.2) is 116 Å². The first-order chi connectivity index (χ1) is 16.5. The lowest BCUT2D eigenvalue weighted by molar-refractivity contribution is -0.160. The molecule has 0 aliphatic carbocycles. The minimum absolute atomic E-state index is 0.143. The minimum atomic E-state index is -0.143. The largest absolute Gasteiger partial charge is 0.381 e. The Hall–Kier alpha value is -0.320. The highest BCUT2D eigenvalue weighted by atomic mass is 16.6. The molecule has 210 valence electrons. The minimum Gasteiger partial charge on any atom is -0.381 e. The normalized spacial score (nSPS) is 21.7. The van der Waals surface area contributed by atoms with E-state index in [1.807, 2.05) is 0 Å². The molecule has 0 aromatic heterocycles. The highest BCUT2D eigenvalue weighted by Crippen LogP contribution is 2.28. The van der Waals surface area contributed by atoms with Gasteiger partial charge in [0.25, 0.3) is 0 Å². The van der Waals surface area contributed by atoms with E-state index < -0.39 is 0 Å². The third-order valence-corrected chi connectivity index (χ3v) is 5.41. The smallest absolute Gasteiger partial charge is 0.0701 e. The van der Waals surface area contributed by atoms with Crippen molar-refractivity contribution in [1.82, 2.24) is 4.90 Å². The molecule has 0 saturated carbocycles. The fourth-order valence-corrected chi connectivity index (χ4v) is 3.81. The van der Waals surface area contributed by atoms with Crippen LogP contribution in [0.25, 0.3) is 0 Å². The van der Waals surface area contributed by atoms with E-state index in [1.54, 1.807) is 0 Å². The van der Waals surface area contributed by atoms with Crippen LogP contribution in [-0.2, 0) is 33.2 Å². The van der Waals surface area contributed by atoms with Crippen LogP contribution in [0.2, 0.25) is 0 Å². The summed E-state index contributed by atoms with van der Waals surface area (Å²) in [6.45, 7) is 24.5. The van der Waals surface area contributed by atoms with Gasteiger partial charge >= 0.3 is 0 Å². The molecule has 8 heteroatoms. The third-order valence-electron chi connectivity index (χ3n) is 5.41. The number of rotatable bonds is 19. The standard InChI is InChI=1S/C27H55NO7/c1-23-20-34-21-24(25(23)35-27(5,6)7)19-28(8)9-10-29-11-12-30-13-14-31-15-16-32-17-18-33-22-26(2,3)4/h23-25H,9-22H2,1-8H3. The average molecular weight is 506 g/mol. The Labute approximate surface area is 215 Å². The number of hydrogen-bond acceptors (Lipinski definition) is 8. The van der Waals surface area contributed by atoms with Crippen molar-refractivity contribution in [3.8, 4) is 0 Å². The van der Waals surface area contributed by atoms with Crippen LogP contribution < -0.4 is 0 Å². The van der Waals surface area contributed by atoms with Gasteiger partial charge in [-0.2, -0.15) is 0 Å². The zero-order valence-corrected chi connectivity index (χ0v) is 23.9. The molecule has 0 bridgehead atoms. The lowest BCUT2D eigenvalue weighted by atomic mass is 9.89. The van der Waals surface area contributed by atoms with Gasteiger partial charge in [0, 0.05) is 24.9 Å². The second-order valence-corrected chi connectivity index (χ2v) is 11.8. The molecule has 3 atom stereocenters. The van der Waals surface area contributed by atoms with Gasteiger partial charge in [-0.1, -0.05) is 27.7 Å². The summed E-state index contributed by atoms with van der Waals surface area (Å²) in [5.74, 6) is 0.780. The van der Waals surface area contributed by atoms with Gasteiger partial charge in [-0.05, 0) is 33.2 Å². The van der Waals surface area contributed by atoms with E-state index in [0.717, 1.165) is 32.9 Å². The molecule has 1 aliphatic rings. The maximum Gasteiger partial charge on any atom is 0.0701 e. The summed E-state index contributed by atoms with van der Waals surface area (Å²) >= 11 is 0. The molecule has 0 spiro atoms. The summed E-state index contributed by atoms with van der Waals surface area (Å²) in [7, 11) is 2.13. The third kappa shape index (κ3) is 18.6. The first kappa shape index (κ1) is 32.7. The van der Waals surface area contributed by atoms with Gasteiger partial charge in [-0.15, -0.1) is 0 Å². The van der Waals surface area contributed by atoms with Crippen LogP contribution in [0.4, 0.5) is 0 Å². The summed E-state index contributed by atoms with van der Waals surface area (Å²) in [6.07, 6.45) is 0.224. The second kappa shape index (κ2) is 18.0. The SMILES string of the molecule is CC1COCC(CN(C)CCOCCOCCOCCOCCOCC(C)(C)C)C1OC(C)(C)C. The maximum absolute atomic E-state index is 6.37. The topological polar surface area (TPSA) is 67.9 Å². The summed E-state index contributed by atoms with van der Waals surface area (Å²) < 4.78 is 40.0. The Morgan fingerprint density at radius 3 is 1.69 bits per heavy atom. The van der Waals surface area contributed by atoms with Crippen LogP contribution in [0.1, 0.15) is 48.5 Å². The molecule has 35 heavy (non-hydrogen) atoms. The highest BCUT2D eigenvalue weighted by molar-refractivity contribution is 4.83. The van der Waals surface area contributed by atoms with Crippen molar-refractivity contribution >= 4 is 0 Å². The molecule has 1 aliphatic heterocycles. The quantitative estimate of drug-likeness (QED) is 0.247. The zero-order chi connectivity index (χ0) is 26.2. The molecule has 0 radical (unpaired) electrons. The van der Waals surface area contributed by atoms with Crippen molar-refractivity contribution in [2.45, 2.75) is 60.2 Å². The van der Waals surface area contributed by atoms with Gasteiger partial charge in [-0.25, -0.2) is 0 Å². The van der Waals surface area contributed by atoms with E-state index in [2.05, 4.69) is 60.4 Å². The van der Waals surface area contributed by atoms with E-state index >= 15 is 0 Å². The fraction of sp³-hybridized carbons (Fsp3) is 1.00. The molecule has 0 aromatic rings. The van der Waals surface area contributed by atoms with E-state index in [4.69, 9.17) is 33.2 Å². The molecule has 8 nitrogen and oxygen atoms in total. The predicted octanol–water partition coefficient (Wildman–Crippen LogP) is 3.51.